The minimum absolute atomic E-state index is 0.120. The number of nitrogens with one attached hydrogen (secondary N) is 2. The van der Waals surface area contributed by atoms with Gasteiger partial charge in [-0.25, -0.2) is 0 Å². The van der Waals surface area contributed by atoms with E-state index in [9.17, 15) is 9.59 Å². The average Bonchev–Trinajstić information content (AvgIpc) is 2.34. The van der Waals surface area contributed by atoms with Crippen LogP contribution in [-0.2, 0) is 9.59 Å². The van der Waals surface area contributed by atoms with Gasteiger partial charge >= 0.3 is 0 Å². The predicted octanol–water partition coefficient (Wildman–Crippen LogP) is 0.531. The lowest BCUT2D eigenvalue weighted by Crippen LogP contribution is -2.35. The fourth-order valence-corrected chi connectivity index (χ4v) is 1.83. The molecule has 77 valence electrons. The highest BCUT2D eigenvalue weighted by Crippen LogP contribution is 2.31. The van der Waals surface area contributed by atoms with Crippen LogP contribution in [0.3, 0.4) is 0 Å². The molecule has 1 heterocycles. The number of hydrogen-bond donors (Lipinski definition) is 2. The number of rotatable bonds is 2. The van der Waals surface area contributed by atoms with Crippen molar-refractivity contribution in [3.8, 4) is 0 Å². The van der Waals surface area contributed by atoms with Crippen molar-refractivity contribution in [2.75, 3.05) is 0 Å². The zero-order valence-electron chi connectivity index (χ0n) is 8.25. The molecule has 0 spiro atoms. The molecule has 5 nitrogen and oxygen atoms in total. The Kier molecular flexibility index (Phi) is 3.40. The maximum absolute atomic E-state index is 10.8. The summed E-state index contributed by atoms with van der Waals surface area (Å²) in [5, 5.41) is 5.00. The summed E-state index contributed by atoms with van der Waals surface area (Å²) in [4.78, 5) is 21.6. The summed E-state index contributed by atoms with van der Waals surface area (Å²) >= 11 is 1.36. The molecule has 14 heavy (non-hydrogen) atoms. The van der Waals surface area contributed by atoms with Crippen LogP contribution in [0.15, 0.2) is 10.7 Å². The molecular weight excluding hydrogens is 202 g/mol. The fourth-order valence-electron chi connectivity index (χ4n) is 0.939. The molecule has 0 saturated heterocycles. The van der Waals surface area contributed by atoms with Gasteiger partial charge in [0.15, 0.2) is 0 Å². The third-order valence-electron chi connectivity index (χ3n) is 1.53. The summed E-state index contributed by atoms with van der Waals surface area (Å²) in [7, 11) is 0. The first kappa shape index (κ1) is 10.9. The third kappa shape index (κ3) is 2.66. The Morgan fingerprint density at radius 2 is 2.00 bits per heavy atom. The second-order valence-corrected chi connectivity index (χ2v) is 3.71. The molecule has 0 fully saturated rings. The molecule has 0 aliphatic carbocycles. The number of allylic oxidation sites excluding steroid dienone is 1. The Morgan fingerprint density at radius 1 is 1.36 bits per heavy atom. The van der Waals surface area contributed by atoms with E-state index in [4.69, 9.17) is 0 Å². The first-order valence-corrected chi connectivity index (χ1v) is 4.93. The Labute approximate surface area is 86.9 Å². The Balaban J connectivity index is 2.64. The molecule has 0 aromatic heterocycles. The molecule has 1 radical (unpaired) electrons. The second kappa shape index (κ2) is 4.36. The summed E-state index contributed by atoms with van der Waals surface area (Å²) in [6, 6.07) is 0. The molecule has 0 aromatic carbocycles. The van der Waals surface area contributed by atoms with Crippen molar-refractivity contribution < 1.29 is 9.59 Å². The molecule has 1 aliphatic heterocycles. The maximum Gasteiger partial charge on any atom is 0.235 e. The highest BCUT2D eigenvalue weighted by Gasteiger charge is 2.21. The monoisotopic (exact) mass is 214 g/mol. The van der Waals surface area contributed by atoms with E-state index < -0.39 is 0 Å². The SMILES string of the molecule is CC(=O)NC1=C(C)N(NC(C)=O)[CH]S1. The number of thioether (sulfide) groups is 1. The van der Waals surface area contributed by atoms with E-state index in [1.807, 2.05) is 6.92 Å². The van der Waals surface area contributed by atoms with E-state index in [0.29, 0.717) is 0 Å². The minimum Gasteiger partial charge on any atom is -0.319 e. The lowest BCUT2D eigenvalue weighted by Gasteiger charge is -2.17. The van der Waals surface area contributed by atoms with Crippen LogP contribution >= 0.6 is 11.8 Å². The molecule has 0 saturated carbocycles. The summed E-state index contributed by atoms with van der Waals surface area (Å²) in [5.74, 6) is 1.46. The van der Waals surface area contributed by atoms with E-state index in [1.165, 1.54) is 25.6 Å². The highest BCUT2D eigenvalue weighted by atomic mass is 32.2. The number of hydrogen-bond acceptors (Lipinski definition) is 4. The normalized spacial score (nSPS) is 15.8. The predicted molar refractivity (Wildman–Crippen MR) is 54.1 cm³/mol. The van der Waals surface area contributed by atoms with Crippen LogP contribution in [0.4, 0.5) is 0 Å². The minimum atomic E-state index is -0.148. The number of nitrogens with zero attached hydrogens (tertiary/aromatic N) is 1. The molecular formula is C8H12N3O2S. The second-order valence-electron chi connectivity index (χ2n) is 2.86. The zero-order valence-corrected chi connectivity index (χ0v) is 9.07. The van der Waals surface area contributed by atoms with Gasteiger partial charge in [0, 0.05) is 13.8 Å². The summed E-state index contributed by atoms with van der Waals surface area (Å²) < 4.78 is 0. The van der Waals surface area contributed by atoms with Gasteiger partial charge in [-0.15, -0.1) is 0 Å². The lowest BCUT2D eigenvalue weighted by molar-refractivity contribution is -0.122. The smallest absolute Gasteiger partial charge is 0.235 e. The van der Waals surface area contributed by atoms with Crippen LogP contribution in [0.1, 0.15) is 20.8 Å². The maximum atomic E-state index is 10.8. The molecule has 0 unspecified atom stereocenters. The fraction of sp³-hybridized carbons (Fsp3) is 0.375. The quantitative estimate of drug-likeness (QED) is 0.704. The number of hydrazine groups is 1. The van der Waals surface area contributed by atoms with Gasteiger partial charge in [-0.3, -0.25) is 20.0 Å². The largest absolute Gasteiger partial charge is 0.319 e. The van der Waals surface area contributed by atoms with Gasteiger partial charge in [-0.05, 0) is 6.92 Å². The molecule has 0 atom stereocenters. The lowest BCUT2D eigenvalue weighted by atomic mass is 10.5. The van der Waals surface area contributed by atoms with Crippen LogP contribution < -0.4 is 10.7 Å². The molecule has 2 N–H and O–H groups in total. The van der Waals surface area contributed by atoms with Crippen molar-refractivity contribution in [3.05, 3.63) is 16.6 Å². The van der Waals surface area contributed by atoms with Crippen LogP contribution in [0.25, 0.3) is 0 Å². The average molecular weight is 214 g/mol. The van der Waals surface area contributed by atoms with Crippen molar-refractivity contribution >= 4 is 23.6 Å². The molecule has 0 aromatic rings. The van der Waals surface area contributed by atoms with Crippen molar-refractivity contribution in [1.82, 2.24) is 15.8 Å². The Bertz CT molecular complexity index is 301. The Morgan fingerprint density at radius 3 is 2.50 bits per heavy atom. The number of carbonyl (C=O) groups is 2. The van der Waals surface area contributed by atoms with E-state index in [-0.39, 0.29) is 11.8 Å². The third-order valence-corrected chi connectivity index (χ3v) is 2.48. The van der Waals surface area contributed by atoms with Crippen molar-refractivity contribution in [3.63, 3.8) is 0 Å². The molecule has 1 aliphatic rings. The number of amides is 2. The van der Waals surface area contributed by atoms with E-state index >= 15 is 0 Å². The molecule has 1 rings (SSSR count). The standard InChI is InChI=1S/C8H12N3O2S/c1-5-8(9-6(2)12)14-4-11(5)10-7(3)13/h4H,1-3H3,(H,9,12)(H,10,13). The number of carbonyl (C=O) groups excluding carboxylic acids is 2. The van der Waals surface area contributed by atoms with Crippen molar-refractivity contribution in [2.24, 2.45) is 0 Å². The van der Waals surface area contributed by atoms with Crippen LogP contribution in [0.5, 0.6) is 0 Å². The van der Waals surface area contributed by atoms with Gasteiger partial charge in [0.25, 0.3) is 0 Å². The molecule has 0 bridgehead atoms. The van der Waals surface area contributed by atoms with Gasteiger partial charge < -0.3 is 5.32 Å². The van der Waals surface area contributed by atoms with E-state index in [2.05, 4.69) is 10.7 Å². The highest BCUT2D eigenvalue weighted by molar-refractivity contribution is 8.05. The van der Waals surface area contributed by atoms with Crippen LogP contribution in [0.2, 0.25) is 0 Å². The van der Waals surface area contributed by atoms with Gasteiger partial charge in [0.2, 0.25) is 11.8 Å². The first-order valence-electron chi connectivity index (χ1n) is 4.05. The summed E-state index contributed by atoms with van der Waals surface area (Å²) in [5.41, 5.74) is 3.41. The molecule has 6 heteroatoms. The molecule has 2 amide bonds. The topological polar surface area (TPSA) is 61.4 Å². The Hall–Kier alpha value is -1.17. The summed E-state index contributed by atoms with van der Waals surface area (Å²) in [6.07, 6.45) is 0. The van der Waals surface area contributed by atoms with Gasteiger partial charge in [0.05, 0.1) is 10.7 Å². The van der Waals surface area contributed by atoms with E-state index in [1.54, 1.807) is 10.9 Å². The van der Waals surface area contributed by atoms with Crippen molar-refractivity contribution in [1.29, 1.82) is 0 Å². The van der Waals surface area contributed by atoms with Gasteiger partial charge in [0.1, 0.15) is 5.88 Å². The van der Waals surface area contributed by atoms with Crippen LogP contribution in [0, 0.1) is 5.88 Å². The van der Waals surface area contributed by atoms with Gasteiger partial charge in [-0.1, -0.05) is 11.8 Å². The summed E-state index contributed by atoms with van der Waals surface area (Å²) in [6.45, 7) is 4.70. The zero-order chi connectivity index (χ0) is 10.7. The van der Waals surface area contributed by atoms with Crippen molar-refractivity contribution in [2.45, 2.75) is 20.8 Å². The first-order chi connectivity index (χ1) is 6.50. The van der Waals surface area contributed by atoms with Crippen LogP contribution in [-0.4, -0.2) is 16.8 Å². The van der Waals surface area contributed by atoms with Gasteiger partial charge in [-0.2, -0.15) is 0 Å². The van der Waals surface area contributed by atoms with E-state index in [0.717, 1.165) is 10.7 Å².